The molecule has 3 aromatic rings. The number of nitrogens with zero attached hydrogens (tertiary/aromatic N) is 3. The quantitative estimate of drug-likeness (QED) is 0.763. The molecule has 0 saturated heterocycles. The second kappa shape index (κ2) is 5.65. The second-order valence-corrected chi connectivity index (χ2v) is 7.13. The molecule has 5 rings (SSSR count). The van der Waals surface area contributed by atoms with E-state index < -0.39 is 11.6 Å². The van der Waals surface area contributed by atoms with Gasteiger partial charge in [-0.3, -0.25) is 9.48 Å². The minimum absolute atomic E-state index is 0.102. The van der Waals surface area contributed by atoms with Gasteiger partial charge in [0.05, 0.1) is 25.0 Å². The molecule has 26 heavy (non-hydrogen) atoms. The number of halogens is 2. The van der Waals surface area contributed by atoms with E-state index in [1.54, 1.807) is 4.90 Å². The van der Waals surface area contributed by atoms with Gasteiger partial charge >= 0.3 is 0 Å². The van der Waals surface area contributed by atoms with Crippen molar-refractivity contribution in [3.63, 3.8) is 0 Å². The highest BCUT2D eigenvalue weighted by Crippen LogP contribution is 2.38. The molecule has 1 fully saturated rings. The number of carbonyl (C=O) groups is 1. The first kappa shape index (κ1) is 15.5. The zero-order valence-corrected chi connectivity index (χ0v) is 14.1. The Morgan fingerprint density at radius 1 is 1.23 bits per heavy atom. The summed E-state index contributed by atoms with van der Waals surface area (Å²) in [4.78, 5) is 17.6. The maximum atomic E-state index is 13.9. The zero-order valence-electron chi connectivity index (χ0n) is 14.1. The van der Waals surface area contributed by atoms with Gasteiger partial charge in [0.15, 0.2) is 11.6 Å². The average molecular weight is 356 g/mol. The number of nitrogens with one attached hydrogen (secondary N) is 1. The van der Waals surface area contributed by atoms with Crippen LogP contribution in [0, 0.1) is 11.6 Å². The number of rotatable bonds is 2. The van der Waals surface area contributed by atoms with E-state index >= 15 is 0 Å². The third-order valence-electron chi connectivity index (χ3n) is 5.66. The van der Waals surface area contributed by atoms with Gasteiger partial charge in [0.2, 0.25) is 0 Å². The van der Waals surface area contributed by atoms with Crippen molar-refractivity contribution >= 4 is 16.8 Å². The molecule has 3 heterocycles. The van der Waals surface area contributed by atoms with E-state index in [-0.39, 0.29) is 17.0 Å². The summed E-state index contributed by atoms with van der Waals surface area (Å²) >= 11 is 0. The molecule has 0 spiro atoms. The van der Waals surface area contributed by atoms with E-state index in [9.17, 15) is 13.6 Å². The molecule has 0 unspecified atom stereocenters. The van der Waals surface area contributed by atoms with Gasteiger partial charge in [-0.25, -0.2) is 8.78 Å². The molecule has 7 heteroatoms. The van der Waals surface area contributed by atoms with Crippen LogP contribution in [-0.2, 0) is 13.1 Å². The molecule has 1 saturated carbocycles. The number of hydrogen-bond donors (Lipinski definition) is 1. The molecule has 1 amide bonds. The fourth-order valence-corrected chi connectivity index (χ4v) is 3.93. The van der Waals surface area contributed by atoms with Crippen molar-refractivity contribution in [2.24, 2.45) is 0 Å². The lowest BCUT2D eigenvalue weighted by atomic mass is 9.80. The van der Waals surface area contributed by atoms with Crippen molar-refractivity contribution in [3.8, 4) is 0 Å². The predicted molar refractivity (Wildman–Crippen MR) is 91.8 cm³/mol. The van der Waals surface area contributed by atoms with E-state index in [0.717, 1.165) is 11.8 Å². The maximum Gasteiger partial charge on any atom is 0.270 e. The Bertz CT molecular complexity index is 1020. The van der Waals surface area contributed by atoms with Gasteiger partial charge in [0, 0.05) is 17.4 Å². The lowest BCUT2D eigenvalue weighted by Gasteiger charge is -2.31. The van der Waals surface area contributed by atoms with Crippen molar-refractivity contribution in [1.29, 1.82) is 0 Å². The van der Waals surface area contributed by atoms with Crippen molar-refractivity contribution in [1.82, 2.24) is 19.7 Å². The van der Waals surface area contributed by atoms with Crippen LogP contribution in [0.15, 0.2) is 24.4 Å². The van der Waals surface area contributed by atoms with Crippen molar-refractivity contribution in [3.05, 3.63) is 53.0 Å². The summed E-state index contributed by atoms with van der Waals surface area (Å²) in [5, 5.41) is 4.56. The summed E-state index contributed by atoms with van der Waals surface area (Å²) in [6, 6.07) is 3.91. The molecule has 2 aromatic heterocycles. The normalized spacial score (nSPS) is 17.4. The smallest absolute Gasteiger partial charge is 0.270 e. The number of H-pyrrole nitrogens is 1. The highest BCUT2D eigenvalue weighted by Gasteiger charge is 2.30. The van der Waals surface area contributed by atoms with Crippen LogP contribution in [0.5, 0.6) is 0 Å². The molecular weight excluding hydrogens is 338 g/mol. The van der Waals surface area contributed by atoms with Crippen LogP contribution in [0.3, 0.4) is 0 Å². The lowest BCUT2D eigenvalue weighted by molar-refractivity contribution is 0.0699. The topological polar surface area (TPSA) is 53.9 Å². The van der Waals surface area contributed by atoms with Crippen molar-refractivity contribution < 1.29 is 13.6 Å². The lowest BCUT2D eigenvalue weighted by Crippen LogP contribution is -2.39. The number of aromatic nitrogens is 3. The Kier molecular flexibility index (Phi) is 3.38. The molecule has 1 N–H and O–H groups in total. The van der Waals surface area contributed by atoms with Gasteiger partial charge < -0.3 is 9.88 Å². The number of fused-ring (bicyclic) bond motifs is 2. The minimum Gasteiger partial charge on any atom is -0.350 e. The average Bonchev–Trinajstić information content (AvgIpc) is 3.21. The maximum absolute atomic E-state index is 13.9. The molecule has 1 aromatic carbocycles. The van der Waals surface area contributed by atoms with Gasteiger partial charge in [-0.05, 0) is 42.5 Å². The Morgan fingerprint density at radius 2 is 2.08 bits per heavy atom. The van der Waals surface area contributed by atoms with Crippen molar-refractivity contribution in [2.45, 2.75) is 38.3 Å². The van der Waals surface area contributed by atoms with Crippen LogP contribution in [0.2, 0.25) is 0 Å². The highest BCUT2D eigenvalue weighted by molar-refractivity contribution is 5.98. The number of aromatic amines is 1. The first-order valence-corrected chi connectivity index (χ1v) is 8.92. The van der Waals surface area contributed by atoms with E-state index in [1.807, 2.05) is 10.9 Å². The predicted octanol–water partition coefficient (Wildman–Crippen LogP) is 3.57. The first-order valence-electron chi connectivity index (χ1n) is 8.92. The van der Waals surface area contributed by atoms with Gasteiger partial charge in [-0.1, -0.05) is 6.42 Å². The third kappa shape index (κ3) is 2.26. The van der Waals surface area contributed by atoms with Crippen LogP contribution in [0.4, 0.5) is 8.78 Å². The molecule has 134 valence electrons. The molecule has 0 bridgehead atoms. The number of carbonyl (C=O) groups excluding carboxylic acids is 1. The largest absolute Gasteiger partial charge is 0.350 e. The van der Waals surface area contributed by atoms with E-state index in [2.05, 4.69) is 10.1 Å². The molecule has 1 aliphatic carbocycles. The molecule has 1 aliphatic heterocycles. The van der Waals surface area contributed by atoms with Crippen LogP contribution in [0.25, 0.3) is 10.9 Å². The number of amides is 1. The highest BCUT2D eigenvalue weighted by atomic mass is 19.2. The van der Waals surface area contributed by atoms with E-state index in [1.165, 1.54) is 37.0 Å². The molecule has 2 aliphatic rings. The molecular formula is C19H18F2N4O. The third-order valence-corrected chi connectivity index (χ3v) is 5.66. The minimum atomic E-state index is -0.929. The summed E-state index contributed by atoms with van der Waals surface area (Å²) < 4.78 is 29.3. The van der Waals surface area contributed by atoms with Gasteiger partial charge in [-0.2, -0.15) is 5.10 Å². The van der Waals surface area contributed by atoms with E-state index in [4.69, 9.17) is 0 Å². The van der Waals surface area contributed by atoms with Crippen LogP contribution in [-0.4, -0.2) is 32.1 Å². The summed E-state index contributed by atoms with van der Waals surface area (Å²) in [6.45, 7) is 1.69. The number of hydrogen-bond acceptors (Lipinski definition) is 2. The van der Waals surface area contributed by atoms with Crippen molar-refractivity contribution in [2.75, 3.05) is 6.54 Å². The summed E-state index contributed by atoms with van der Waals surface area (Å²) in [7, 11) is 0. The van der Waals surface area contributed by atoms with Gasteiger partial charge in [-0.15, -0.1) is 0 Å². The summed E-state index contributed by atoms with van der Waals surface area (Å²) in [6.07, 6.45) is 5.54. The van der Waals surface area contributed by atoms with Gasteiger partial charge in [0.25, 0.3) is 5.91 Å². The van der Waals surface area contributed by atoms with Crippen LogP contribution >= 0.6 is 0 Å². The Balaban J connectivity index is 1.45. The number of benzene rings is 1. The monoisotopic (exact) mass is 356 g/mol. The Morgan fingerprint density at radius 3 is 2.85 bits per heavy atom. The summed E-state index contributed by atoms with van der Waals surface area (Å²) in [5.41, 5.74) is 3.05. The van der Waals surface area contributed by atoms with Crippen LogP contribution < -0.4 is 0 Å². The van der Waals surface area contributed by atoms with Gasteiger partial charge in [0.1, 0.15) is 5.69 Å². The molecule has 0 atom stereocenters. The molecule has 5 nitrogen and oxygen atoms in total. The molecule has 0 radical (unpaired) electrons. The zero-order chi connectivity index (χ0) is 17.8. The second-order valence-electron chi connectivity index (χ2n) is 7.13. The standard InChI is InChI=1S/C19H18F2N4O/c20-14-4-5-15-12(18(14)21)8-16(23-15)19(26)24-6-7-25-17(10-24)13(9-22-25)11-2-1-3-11/h4-5,8-9,11,23H,1-3,6-7,10H2. The van der Waals surface area contributed by atoms with Crippen LogP contribution in [0.1, 0.15) is 46.9 Å². The first-order chi connectivity index (χ1) is 12.6. The fraction of sp³-hybridized carbons (Fsp3) is 0.368. The Labute approximate surface area is 148 Å². The SMILES string of the molecule is O=C(c1cc2c(F)c(F)ccc2[nH]1)N1CCn2ncc(C3CCC3)c2C1. The summed E-state index contributed by atoms with van der Waals surface area (Å²) in [5.74, 6) is -1.49. The fourth-order valence-electron chi connectivity index (χ4n) is 3.93. The van der Waals surface area contributed by atoms with E-state index in [0.29, 0.717) is 31.1 Å². The Hall–Kier alpha value is -2.70.